The van der Waals surface area contributed by atoms with E-state index in [0.717, 1.165) is 15.8 Å². The molecule has 0 spiro atoms. The number of carbonyl (C=O) groups is 1. The number of aryl methyl sites for hydroxylation is 1. The van der Waals surface area contributed by atoms with Gasteiger partial charge in [0.05, 0.1) is 22.3 Å². The van der Waals surface area contributed by atoms with Crippen molar-refractivity contribution in [3.63, 3.8) is 0 Å². The number of carbonyl (C=O) groups excluding carboxylic acids is 1. The number of rotatable bonds is 4. The van der Waals surface area contributed by atoms with Gasteiger partial charge in [-0.2, -0.15) is 0 Å². The van der Waals surface area contributed by atoms with E-state index in [2.05, 4.69) is 10.3 Å². The SMILES string of the molecule is Cc1cccc2sc(NC(=O)c3ccc(=O)n(Cc4cccc(F)c4)c3)nc12. The van der Waals surface area contributed by atoms with Crippen molar-refractivity contribution in [1.82, 2.24) is 9.55 Å². The standard InChI is InChI=1S/C21H16FN3O2S/c1-13-4-2-7-17-19(13)23-21(28-17)24-20(27)15-8-9-18(26)25(12-15)11-14-5-3-6-16(22)10-14/h2-10,12H,11H2,1H3,(H,23,24,27). The lowest BCUT2D eigenvalue weighted by Crippen LogP contribution is -2.22. The van der Waals surface area contributed by atoms with Crippen molar-refractivity contribution in [2.24, 2.45) is 0 Å². The van der Waals surface area contributed by atoms with Crippen LogP contribution >= 0.6 is 11.3 Å². The molecule has 0 atom stereocenters. The predicted molar refractivity (Wildman–Crippen MR) is 109 cm³/mol. The third-order valence-corrected chi connectivity index (χ3v) is 5.26. The Morgan fingerprint density at radius 2 is 2.00 bits per heavy atom. The van der Waals surface area contributed by atoms with Crippen LogP contribution < -0.4 is 10.9 Å². The van der Waals surface area contributed by atoms with Gasteiger partial charge in [0.1, 0.15) is 5.82 Å². The van der Waals surface area contributed by atoms with Crippen LogP contribution in [-0.2, 0) is 6.54 Å². The van der Waals surface area contributed by atoms with Gasteiger partial charge in [0.2, 0.25) is 0 Å². The van der Waals surface area contributed by atoms with Crippen LogP contribution in [0.2, 0.25) is 0 Å². The fourth-order valence-electron chi connectivity index (χ4n) is 2.93. The van der Waals surface area contributed by atoms with Gasteiger partial charge in [0.15, 0.2) is 5.13 Å². The normalized spacial score (nSPS) is 10.9. The number of nitrogens with zero attached hydrogens (tertiary/aromatic N) is 2. The highest BCUT2D eigenvalue weighted by molar-refractivity contribution is 7.22. The summed E-state index contributed by atoms with van der Waals surface area (Å²) in [5.41, 5.74) is 2.60. The van der Waals surface area contributed by atoms with Crippen molar-refractivity contribution in [3.8, 4) is 0 Å². The Morgan fingerprint density at radius 1 is 1.18 bits per heavy atom. The third-order valence-electron chi connectivity index (χ3n) is 4.33. The Labute approximate surface area is 164 Å². The number of aromatic nitrogens is 2. The highest BCUT2D eigenvalue weighted by Gasteiger charge is 2.12. The number of fused-ring (bicyclic) bond motifs is 1. The Morgan fingerprint density at radius 3 is 2.79 bits per heavy atom. The molecule has 140 valence electrons. The summed E-state index contributed by atoms with van der Waals surface area (Å²) in [7, 11) is 0. The highest BCUT2D eigenvalue weighted by Crippen LogP contribution is 2.28. The lowest BCUT2D eigenvalue weighted by Gasteiger charge is -2.08. The Kier molecular flexibility index (Phi) is 4.75. The van der Waals surface area contributed by atoms with E-state index >= 15 is 0 Å². The lowest BCUT2D eigenvalue weighted by atomic mass is 10.2. The smallest absolute Gasteiger partial charge is 0.258 e. The van der Waals surface area contributed by atoms with Gasteiger partial charge in [0, 0.05) is 12.3 Å². The summed E-state index contributed by atoms with van der Waals surface area (Å²) in [4.78, 5) is 29.2. The van der Waals surface area contributed by atoms with E-state index in [0.29, 0.717) is 16.3 Å². The number of thiazole rings is 1. The van der Waals surface area contributed by atoms with Crippen LogP contribution in [0.3, 0.4) is 0 Å². The van der Waals surface area contributed by atoms with Crippen LogP contribution in [0.15, 0.2) is 65.6 Å². The van der Waals surface area contributed by atoms with E-state index in [-0.39, 0.29) is 23.8 Å². The molecule has 7 heteroatoms. The number of amides is 1. The second-order valence-electron chi connectivity index (χ2n) is 6.41. The van der Waals surface area contributed by atoms with Crippen molar-refractivity contribution >= 4 is 32.6 Å². The van der Waals surface area contributed by atoms with Crippen molar-refractivity contribution in [2.45, 2.75) is 13.5 Å². The van der Waals surface area contributed by atoms with Gasteiger partial charge >= 0.3 is 0 Å². The van der Waals surface area contributed by atoms with Crippen LogP contribution in [0.5, 0.6) is 0 Å². The van der Waals surface area contributed by atoms with E-state index in [1.165, 1.54) is 46.4 Å². The molecule has 1 N–H and O–H groups in total. The number of hydrogen-bond donors (Lipinski definition) is 1. The summed E-state index contributed by atoms with van der Waals surface area (Å²) in [5.74, 6) is -0.727. The number of pyridine rings is 1. The molecule has 0 saturated heterocycles. The molecule has 0 radical (unpaired) electrons. The van der Waals surface area contributed by atoms with Crippen LogP contribution in [0.25, 0.3) is 10.2 Å². The minimum absolute atomic E-state index is 0.179. The zero-order chi connectivity index (χ0) is 19.7. The molecule has 4 aromatic rings. The molecule has 0 fully saturated rings. The first-order valence-corrected chi connectivity index (χ1v) is 9.44. The highest BCUT2D eigenvalue weighted by atomic mass is 32.1. The first-order valence-electron chi connectivity index (χ1n) is 8.62. The van der Waals surface area contributed by atoms with Crippen LogP contribution in [0, 0.1) is 12.7 Å². The largest absolute Gasteiger partial charge is 0.310 e. The molecule has 2 aromatic heterocycles. The van der Waals surface area contributed by atoms with Crippen LogP contribution in [-0.4, -0.2) is 15.5 Å². The number of para-hydroxylation sites is 1. The molecule has 0 aliphatic heterocycles. The maximum Gasteiger partial charge on any atom is 0.258 e. The second-order valence-corrected chi connectivity index (χ2v) is 7.44. The first kappa shape index (κ1) is 18.1. The Balaban J connectivity index is 1.58. The molecule has 0 saturated carbocycles. The summed E-state index contributed by atoms with van der Waals surface area (Å²) in [5, 5.41) is 3.29. The summed E-state index contributed by atoms with van der Waals surface area (Å²) >= 11 is 1.39. The van der Waals surface area contributed by atoms with Crippen molar-refractivity contribution in [3.05, 3.63) is 93.7 Å². The summed E-state index contributed by atoms with van der Waals surface area (Å²) in [6.07, 6.45) is 1.47. The topological polar surface area (TPSA) is 64.0 Å². The summed E-state index contributed by atoms with van der Waals surface area (Å²) in [6.45, 7) is 2.15. The summed E-state index contributed by atoms with van der Waals surface area (Å²) < 4.78 is 15.8. The van der Waals surface area contributed by atoms with Crippen molar-refractivity contribution < 1.29 is 9.18 Å². The molecule has 2 aromatic carbocycles. The van der Waals surface area contributed by atoms with Gasteiger partial charge in [-0.25, -0.2) is 9.37 Å². The van der Waals surface area contributed by atoms with E-state index in [1.807, 2.05) is 25.1 Å². The first-order chi connectivity index (χ1) is 13.5. The average Bonchev–Trinajstić information content (AvgIpc) is 3.07. The molecular formula is C21H16FN3O2S. The monoisotopic (exact) mass is 393 g/mol. The Hall–Kier alpha value is -3.32. The Bertz CT molecular complexity index is 1250. The molecule has 4 rings (SSSR count). The average molecular weight is 393 g/mol. The van der Waals surface area contributed by atoms with E-state index < -0.39 is 0 Å². The molecule has 28 heavy (non-hydrogen) atoms. The predicted octanol–water partition coefficient (Wildman–Crippen LogP) is 4.21. The zero-order valence-electron chi connectivity index (χ0n) is 15.0. The maximum absolute atomic E-state index is 13.4. The van der Waals surface area contributed by atoms with Gasteiger partial charge < -0.3 is 4.57 Å². The fourth-order valence-corrected chi connectivity index (χ4v) is 3.87. The third kappa shape index (κ3) is 3.70. The van der Waals surface area contributed by atoms with E-state index in [4.69, 9.17) is 0 Å². The number of benzene rings is 2. The molecular weight excluding hydrogens is 377 g/mol. The molecule has 2 heterocycles. The van der Waals surface area contributed by atoms with Crippen LogP contribution in [0.1, 0.15) is 21.5 Å². The molecule has 0 aliphatic rings. The van der Waals surface area contributed by atoms with Crippen LogP contribution in [0.4, 0.5) is 9.52 Å². The van der Waals surface area contributed by atoms with Crippen molar-refractivity contribution in [1.29, 1.82) is 0 Å². The van der Waals surface area contributed by atoms with E-state index in [9.17, 15) is 14.0 Å². The molecule has 5 nitrogen and oxygen atoms in total. The number of nitrogens with one attached hydrogen (secondary N) is 1. The summed E-state index contributed by atoms with van der Waals surface area (Å²) in [6, 6.07) is 14.7. The van der Waals surface area contributed by atoms with Gasteiger partial charge in [0.25, 0.3) is 11.5 Å². The van der Waals surface area contributed by atoms with E-state index in [1.54, 1.807) is 12.1 Å². The fraction of sp³-hybridized carbons (Fsp3) is 0.0952. The van der Waals surface area contributed by atoms with Gasteiger partial charge in [-0.05, 0) is 42.3 Å². The maximum atomic E-state index is 13.4. The number of halogens is 1. The van der Waals surface area contributed by atoms with Crippen molar-refractivity contribution in [2.75, 3.05) is 5.32 Å². The molecule has 0 bridgehead atoms. The zero-order valence-corrected chi connectivity index (χ0v) is 15.8. The molecule has 0 unspecified atom stereocenters. The van der Waals surface area contributed by atoms with Gasteiger partial charge in [-0.1, -0.05) is 35.6 Å². The number of hydrogen-bond acceptors (Lipinski definition) is 4. The van der Waals surface area contributed by atoms with Gasteiger partial charge in [-0.3, -0.25) is 14.9 Å². The minimum atomic E-state index is -0.370. The number of anilines is 1. The molecule has 0 aliphatic carbocycles. The quantitative estimate of drug-likeness (QED) is 0.565. The minimum Gasteiger partial charge on any atom is -0.310 e. The van der Waals surface area contributed by atoms with Gasteiger partial charge in [-0.15, -0.1) is 0 Å². The lowest BCUT2D eigenvalue weighted by molar-refractivity contribution is 0.102. The second kappa shape index (κ2) is 7.36. The molecule has 1 amide bonds.